The predicted molar refractivity (Wildman–Crippen MR) is 90.4 cm³/mol. The van der Waals surface area contributed by atoms with Crippen LogP contribution < -0.4 is 5.32 Å². The van der Waals surface area contributed by atoms with E-state index in [1.165, 1.54) is 0 Å². The first-order valence-electron chi connectivity index (χ1n) is 8.78. The van der Waals surface area contributed by atoms with Crippen LogP contribution in [0.2, 0.25) is 0 Å². The van der Waals surface area contributed by atoms with Crippen molar-refractivity contribution in [3.63, 3.8) is 0 Å². The molecule has 0 aromatic heterocycles. The molecule has 2 heterocycles. The van der Waals surface area contributed by atoms with Gasteiger partial charge >= 0.3 is 6.09 Å². The lowest BCUT2D eigenvalue weighted by Gasteiger charge is -2.30. The minimum Gasteiger partial charge on any atom is -0.444 e. The van der Waals surface area contributed by atoms with Gasteiger partial charge in [-0.2, -0.15) is 0 Å². The number of Topliss-reactive ketones (excluding diaryl/α,β-unsaturated/α-hetero) is 1. The highest BCUT2D eigenvalue weighted by atomic mass is 16.6. The molecule has 0 radical (unpaired) electrons. The maximum Gasteiger partial charge on any atom is 0.410 e. The molecular weight excluding hydrogens is 292 g/mol. The molecule has 0 aromatic rings. The predicted octanol–water partition coefficient (Wildman–Crippen LogP) is 3.12. The van der Waals surface area contributed by atoms with Gasteiger partial charge in [0.1, 0.15) is 5.60 Å². The fraction of sp³-hybridized carbons (Fsp3) is 0.889. The van der Waals surface area contributed by atoms with E-state index in [0.717, 1.165) is 25.7 Å². The van der Waals surface area contributed by atoms with Crippen LogP contribution in [-0.4, -0.2) is 47.0 Å². The number of likely N-dealkylation sites (tertiary alicyclic amines) is 1. The second-order valence-electron chi connectivity index (χ2n) is 8.95. The van der Waals surface area contributed by atoms with Gasteiger partial charge < -0.3 is 10.1 Å². The molecule has 132 valence electrons. The Balaban J connectivity index is 2.00. The van der Waals surface area contributed by atoms with Crippen LogP contribution in [0.3, 0.4) is 0 Å². The van der Waals surface area contributed by atoms with E-state index in [9.17, 15) is 9.59 Å². The summed E-state index contributed by atoms with van der Waals surface area (Å²) in [4.78, 5) is 26.9. The maximum atomic E-state index is 12.9. The Morgan fingerprint density at radius 2 is 1.70 bits per heavy atom. The first-order chi connectivity index (χ1) is 10.5. The largest absolute Gasteiger partial charge is 0.444 e. The Kier molecular flexibility index (Phi) is 5.09. The zero-order valence-corrected chi connectivity index (χ0v) is 15.4. The summed E-state index contributed by atoms with van der Waals surface area (Å²) in [5, 5.41) is 3.49. The van der Waals surface area contributed by atoms with Crippen molar-refractivity contribution in [2.75, 3.05) is 6.54 Å². The van der Waals surface area contributed by atoms with Crippen LogP contribution in [0.5, 0.6) is 0 Å². The standard InChI is InChI=1S/C18H32N2O3/c1-17(2,3)14-10-9-12(19-14)15(21)13-8-7-11-20(13)16(22)23-18(4,5)6/h12-14,19H,7-11H2,1-6H3/t12-,13?,14?/m0/s1. The summed E-state index contributed by atoms with van der Waals surface area (Å²) < 4.78 is 5.45. The van der Waals surface area contributed by atoms with Gasteiger partial charge in [-0.25, -0.2) is 4.79 Å². The number of nitrogens with one attached hydrogen (secondary N) is 1. The SMILES string of the molecule is CC(C)(C)OC(=O)N1CCCC1C(=O)[C@@H]1CCC(C(C)(C)C)N1. The van der Waals surface area contributed by atoms with E-state index in [-0.39, 0.29) is 29.4 Å². The average Bonchev–Trinajstić information content (AvgIpc) is 3.04. The van der Waals surface area contributed by atoms with Crippen molar-refractivity contribution >= 4 is 11.9 Å². The first-order valence-corrected chi connectivity index (χ1v) is 8.78. The van der Waals surface area contributed by atoms with Crippen LogP contribution >= 0.6 is 0 Å². The van der Waals surface area contributed by atoms with Crippen LogP contribution in [0.15, 0.2) is 0 Å². The molecule has 5 nitrogen and oxygen atoms in total. The molecule has 0 aliphatic carbocycles. The normalized spacial score (nSPS) is 29.0. The molecule has 2 fully saturated rings. The van der Waals surface area contributed by atoms with E-state index in [1.54, 1.807) is 4.90 Å². The second kappa shape index (κ2) is 6.42. The summed E-state index contributed by atoms with van der Waals surface area (Å²) >= 11 is 0. The topological polar surface area (TPSA) is 58.6 Å². The Morgan fingerprint density at radius 1 is 1.04 bits per heavy atom. The van der Waals surface area contributed by atoms with E-state index < -0.39 is 5.60 Å². The molecule has 2 unspecified atom stereocenters. The lowest BCUT2D eigenvalue weighted by Crippen LogP contribution is -2.50. The van der Waals surface area contributed by atoms with Gasteiger partial charge in [0.15, 0.2) is 5.78 Å². The lowest BCUT2D eigenvalue weighted by atomic mass is 9.86. The molecule has 1 N–H and O–H groups in total. The van der Waals surface area contributed by atoms with Crippen LogP contribution in [0.4, 0.5) is 4.79 Å². The number of hydrogen-bond donors (Lipinski definition) is 1. The molecule has 0 spiro atoms. The van der Waals surface area contributed by atoms with Crippen LogP contribution in [0.25, 0.3) is 0 Å². The van der Waals surface area contributed by atoms with E-state index in [0.29, 0.717) is 12.6 Å². The molecule has 5 heteroatoms. The molecular formula is C18H32N2O3. The van der Waals surface area contributed by atoms with Crippen molar-refractivity contribution in [1.82, 2.24) is 10.2 Å². The first kappa shape index (κ1) is 18.2. The summed E-state index contributed by atoms with van der Waals surface area (Å²) in [5.41, 5.74) is -0.383. The van der Waals surface area contributed by atoms with Crippen molar-refractivity contribution in [1.29, 1.82) is 0 Å². The van der Waals surface area contributed by atoms with Crippen LogP contribution in [0, 0.1) is 5.41 Å². The van der Waals surface area contributed by atoms with Gasteiger partial charge in [0.2, 0.25) is 0 Å². The minimum absolute atomic E-state index is 0.132. The fourth-order valence-electron chi connectivity index (χ4n) is 3.48. The number of ether oxygens (including phenoxy) is 1. The quantitative estimate of drug-likeness (QED) is 0.848. The van der Waals surface area contributed by atoms with Gasteiger partial charge in [0, 0.05) is 12.6 Å². The van der Waals surface area contributed by atoms with Gasteiger partial charge in [-0.05, 0) is 51.9 Å². The van der Waals surface area contributed by atoms with Crippen LogP contribution in [0.1, 0.15) is 67.2 Å². The van der Waals surface area contributed by atoms with Crippen molar-refractivity contribution in [2.24, 2.45) is 5.41 Å². The number of amides is 1. The van der Waals surface area contributed by atoms with E-state index in [2.05, 4.69) is 26.1 Å². The smallest absolute Gasteiger partial charge is 0.410 e. The molecule has 0 saturated carbocycles. The molecule has 23 heavy (non-hydrogen) atoms. The highest BCUT2D eigenvalue weighted by molar-refractivity contribution is 5.92. The van der Waals surface area contributed by atoms with Gasteiger partial charge in [-0.1, -0.05) is 20.8 Å². The summed E-state index contributed by atoms with van der Waals surface area (Å²) in [6, 6.07) is -0.110. The van der Waals surface area contributed by atoms with Crippen molar-refractivity contribution < 1.29 is 14.3 Å². The highest BCUT2D eigenvalue weighted by Crippen LogP contribution is 2.31. The second-order valence-corrected chi connectivity index (χ2v) is 8.95. The highest BCUT2D eigenvalue weighted by Gasteiger charge is 2.42. The number of carbonyl (C=O) groups is 2. The molecule has 2 saturated heterocycles. The Bertz CT molecular complexity index is 462. The summed E-state index contributed by atoms with van der Waals surface area (Å²) in [6.45, 7) is 12.7. The molecule has 3 atom stereocenters. The summed E-state index contributed by atoms with van der Waals surface area (Å²) in [5.74, 6) is 0.153. The minimum atomic E-state index is -0.532. The third-order valence-electron chi connectivity index (χ3n) is 4.74. The monoisotopic (exact) mass is 324 g/mol. The zero-order chi connectivity index (χ0) is 17.4. The van der Waals surface area contributed by atoms with Crippen molar-refractivity contribution in [3.8, 4) is 0 Å². The molecule has 0 aromatic carbocycles. The van der Waals surface area contributed by atoms with Gasteiger partial charge in [-0.3, -0.25) is 9.69 Å². The van der Waals surface area contributed by atoms with Gasteiger partial charge in [0.05, 0.1) is 12.1 Å². The third-order valence-corrected chi connectivity index (χ3v) is 4.74. The molecule has 2 aliphatic heterocycles. The van der Waals surface area contributed by atoms with Crippen LogP contribution in [-0.2, 0) is 9.53 Å². The zero-order valence-electron chi connectivity index (χ0n) is 15.4. The number of carbonyl (C=O) groups excluding carboxylic acids is 2. The average molecular weight is 324 g/mol. The van der Waals surface area contributed by atoms with E-state index >= 15 is 0 Å². The third kappa shape index (κ3) is 4.46. The Hall–Kier alpha value is -1.10. The van der Waals surface area contributed by atoms with E-state index in [1.807, 2.05) is 20.8 Å². The van der Waals surface area contributed by atoms with Crippen molar-refractivity contribution in [3.05, 3.63) is 0 Å². The molecule has 1 amide bonds. The van der Waals surface area contributed by atoms with Crippen molar-refractivity contribution in [2.45, 2.75) is 91.0 Å². The Morgan fingerprint density at radius 3 is 2.22 bits per heavy atom. The van der Waals surface area contributed by atoms with E-state index in [4.69, 9.17) is 4.74 Å². The van der Waals surface area contributed by atoms with Gasteiger partial charge in [-0.15, -0.1) is 0 Å². The molecule has 0 bridgehead atoms. The number of hydrogen-bond acceptors (Lipinski definition) is 4. The number of rotatable bonds is 2. The number of nitrogens with zero attached hydrogens (tertiary/aromatic N) is 1. The summed E-state index contributed by atoms with van der Waals surface area (Å²) in [6.07, 6.45) is 3.12. The summed E-state index contributed by atoms with van der Waals surface area (Å²) in [7, 11) is 0. The molecule has 2 aliphatic rings. The number of ketones is 1. The maximum absolute atomic E-state index is 12.9. The fourth-order valence-corrected chi connectivity index (χ4v) is 3.48. The Labute approximate surface area is 140 Å². The van der Waals surface area contributed by atoms with Gasteiger partial charge in [0.25, 0.3) is 0 Å². The lowest BCUT2D eigenvalue weighted by molar-refractivity contribution is -0.125. The molecule has 2 rings (SSSR count).